The number of hydrogen-bond donors (Lipinski definition) is 0. The lowest BCUT2D eigenvalue weighted by atomic mass is 10.0. The SMILES string of the molecule is CC(C)(C)OC(=O)N1CCN(CCc2cccc3ccccc23)CC1. The Kier molecular flexibility index (Phi) is 5.28. The minimum atomic E-state index is -0.428. The van der Waals surface area contributed by atoms with Crippen LogP contribution in [0.15, 0.2) is 42.5 Å². The molecule has 1 fully saturated rings. The Balaban J connectivity index is 1.52. The largest absolute Gasteiger partial charge is 0.444 e. The van der Waals surface area contributed by atoms with Crippen LogP contribution in [0.3, 0.4) is 0 Å². The molecule has 0 spiro atoms. The van der Waals surface area contributed by atoms with E-state index in [9.17, 15) is 4.79 Å². The molecular weight excluding hydrogens is 312 g/mol. The first-order valence-electron chi connectivity index (χ1n) is 9.09. The summed E-state index contributed by atoms with van der Waals surface area (Å²) in [5, 5.41) is 2.65. The van der Waals surface area contributed by atoms with Gasteiger partial charge >= 0.3 is 6.09 Å². The zero-order chi connectivity index (χ0) is 17.9. The van der Waals surface area contributed by atoms with Crippen molar-refractivity contribution in [3.63, 3.8) is 0 Å². The minimum absolute atomic E-state index is 0.193. The second-order valence-corrected chi connectivity index (χ2v) is 7.70. The second-order valence-electron chi connectivity index (χ2n) is 7.70. The third-order valence-electron chi connectivity index (χ3n) is 4.60. The second kappa shape index (κ2) is 7.44. The van der Waals surface area contributed by atoms with E-state index in [0.717, 1.165) is 39.1 Å². The van der Waals surface area contributed by atoms with Crippen LogP contribution in [0.4, 0.5) is 4.79 Å². The van der Waals surface area contributed by atoms with Crippen LogP contribution < -0.4 is 0 Å². The molecule has 0 aromatic heterocycles. The molecular formula is C21H28N2O2. The first-order valence-corrected chi connectivity index (χ1v) is 9.09. The van der Waals surface area contributed by atoms with Crippen LogP contribution in [-0.4, -0.2) is 54.2 Å². The highest BCUT2D eigenvalue weighted by molar-refractivity contribution is 5.85. The lowest BCUT2D eigenvalue weighted by Crippen LogP contribution is -2.50. The van der Waals surface area contributed by atoms with Gasteiger partial charge in [0.05, 0.1) is 0 Å². The van der Waals surface area contributed by atoms with Crippen molar-refractivity contribution in [3.05, 3.63) is 48.0 Å². The molecule has 0 radical (unpaired) electrons. The predicted molar refractivity (Wildman–Crippen MR) is 102 cm³/mol. The van der Waals surface area contributed by atoms with Gasteiger partial charge in [-0.05, 0) is 43.5 Å². The maximum atomic E-state index is 12.1. The Morgan fingerprint density at radius 3 is 2.40 bits per heavy atom. The predicted octanol–water partition coefficient (Wildman–Crippen LogP) is 3.94. The monoisotopic (exact) mass is 340 g/mol. The van der Waals surface area contributed by atoms with E-state index in [2.05, 4.69) is 47.4 Å². The molecule has 1 heterocycles. The lowest BCUT2D eigenvalue weighted by Gasteiger charge is -2.35. The molecule has 0 aliphatic carbocycles. The maximum Gasteiger partial charge on any atom is 0.410 e. The quantitative estimate of drug-likeness (QED) is 0.848. The summed E-state index contributed by atoms with van der Waals surface area (Å²) in [6.07, 6.45) is 0.842. The average Bonchev–Trinajstić information content (AvgIpc) is 2.59. The van der Waals surface area contributed by atoms with Gasteiger partial charge in [0.25, 0.3) is 0 Å². The molecule has 1 aliphatic heterocycles. The van der Waals surface area contributed by atoms with Gasteiger partial charge in [0.15, 0.2) is 0 Å². The average molecular weight is 340 g/mol. The fraction of sp³-hybridized carbons (Fsp3) is 0.476. The van der Waals surface area contributed by atoms with Crippen LogP contribution >= 0.6 is 0 Å². The minimum Gasteiger partial charge on any atom is -0.444 e. The summed E-state index contributed by atoms with van der Waals surface area (Å²) < 4.78 is 5.46. The topological polar surface area (TPSA) is 32.8 Å². The van der Waals surface area contributed by atoms with Gasteiger partial charge in [-0.2, -0.15) is 0 Å². The Labute approximate surface area is 150 Å². The zero-order valence-corrected chi connectivity index (χ0v) is 15.5. The Morgan fingerprint density at radius 1 is 1.00 bits per heavy atom. The van der Waals surface area contributed by atoms with Crippen molar-refractivity contribution in [2.24, 2.45) is 0 Å². The van der Waals surface area contributed by atoms with Crippen LogP contribution in [0.2, 0.25) is 0 Å². The molecule has 1 amide bonds. The summed E-state index contributed by atoms with van der Waals surface area (Å²) in [5.41, 5.74) is 0.968. The van der Waals surface area contributed by atoms with Crippen LogP contribution in [0.5, 0.6) is 0 Å². The van der Waals surface area contributed by atoms with E-state index in [4.69, 9.17) is 4.74 Å². The molecule has 0 bridgehead atoms. The molecule has 4 heteroatoms. The number of hydrogen-bond acceptors (Lipinski definition) is 3. The summed E-state index contributed by atoms with van der Waals surface area (Å²) in [6.45, 7) is 10.0. The highest BCUT2D eigenvalue weighted by atomic mass is 16.6. The smallest absolute Gasteiger partial charge is 0.410 e. The number of nitrogens with zero attached hydrogens (tertiary/aromatic N) is 2. The van der Waals surface area contributed by atoms with Gasteiger partial charge in [0, 0.05) is 32.7 Å². The van der Waals surface area contributed by atoms with E-state index in [1.807, 2.05) is 25.7 Å². The van der Waals surface area contributed by atoms with Gasteiger partial charge in [-0.15, -0.1) is 0 Å². The van der Waals surface area contributed by atoms with Crippen molar-refractivity contribution < 1.29 is 9.53 Å². The number of fused-ring (bicyclic) bond motifs is 1. The van der Waals surface area contributed by atoms with E-state index < -0.39 is 5.60 Å². The molecule has 25 heavy (non-hydrogen) atoms. The molecule has 4 nitrogen and oxygen atoms in total. The number of piperazine rings is 1. The van der Waals surface area contributed by atoms with Gasteiger partial charge in [-0.3, -0.25) is 4.90 Å². The van der Waals surface area contributed by atoms with Crippen LogP contribution in [-0.2, 0) is 11.2 Å². The Bertz CT molecular complexity index is 723. The van der Waals surface area contributed by atoms with Gasteiger partial charge in [0.2, 0.25) is 0 Å². The van der Waals surface area contributed by atoms with E-state index in [0.29, 0.717) is 0 Å². The molecule has 134 valence electrons. The van der Waals surface area contributed by atoms with E-state index >= 15 is 0 Å². The van der Waals surface area contributed by atoms with Crippen LogP contribution in [0, 0.1) is 0 Å². The summed E-state index contributed by atoms with van der Waals surface area (Å²) >= 11 is 0. The van der Waals surface area contributed by atoms with Gasteiger partial charge in [0.1, 0.15) is 5.60 Å². The molecule has 0 atom stereocenters. The van der Waals surface area contributed by atoms with Crippen LogP contribution in [0.1, 0.15) is 26.3 Å². The highest BCUT2D eigenvalue weighted by Gasteiger charge is 2.25. The fourth-order valence-electron chi connectivity index (χ4n) is 3.27. The molecule has 0 unspecified atom stereocenters. The number of benzene rings is 2. The standard InChI is InChI=1S/C21H28N2O2/c1-21(2,3)25-20(24)23-15-13-22(14-16-23)12-11-18-9-6-8-17-7-4-5-10-19(17)18/h4-10H,11-16H2,1-3H3. The number of rotatable bonds is 3. The zero-order valence-electron chi connectivity index (χ0n) is 15.5. The van der Waals surface area contributed by atoms with Crippen molar-refractivity contribution in [2.75, 3.05) is 32.7 Å². The van der Waals surface area contributed by atoms with Crippen molar-refractivity contribution in [3.8, 4) is 0 Å². The third kappa shape index (κ3) is 4.73. The number of carbonyl (C=O) groups excluding carboxylic acids is 1. The Morgan fingerprint density at radius 2 is 1.68 bits per heavy atom. The summed E-state index contributed by atoms with van der Waals surface area (Å²) in [5.74, 6) is 0. The highest BCUT2D eigenvalue weighted by Crippen LogP contribution is 2.19. The van der Waals surface area contributed by atoms with E-state index in [1.54, 1.807) is 0 Å². The lowest BCUT2D eigenvalue weighted by molar-refractivity contribution is 0.0146. The first kappa shape index (κ1) is 17.7. The third-order valence-corrected chi connectivity index (χ3v) is 4.60. The van der Waals surface area contributed by atoms with E-state index in [-0.39, 0.29) is 6.09 Å². The number of carbonyl (C=O) groups is 1. The summed E-state index contributed by atoms with van der Waals surface area (Å²) in [6, 6.07) is 15.1. The molecule has 2 aromatic rings. The molecule has 0 saturated carbocycles. The Hall–Kier alpha value is -2.07. The molecule has 1 aliphatic rings. The van der Waals surface area contributed by atoms with Crippen molar-refractivity contribution >= 4 is 16.9 Å². The molecule has 1 saturated heterocycles. The first-order chi connectivity index (χ1) is 11.9. The summed E-state index contributed by atoms with van der Waals surface area (Å²) in [4.78, 5) is 16.4. The van der Waals surface area contributed by atoms with Gasteiger partial charge in [-0.1, -0.05) is 42.5 Å². The van der Waals surface area contributed by atoms with Gasteiger partial charge < -0.3 is 9.64 Å². The molecule has 2 aromatic carbocycles. The van der Waals surface area contributed by atoms with Gasteiger partial charge in [-0.25, -0.2) is 4.79 Å². The maximum absolute atomic E-state index is 12.1. The van der Waals surface area contributed by atoms with Crippen molar-refractivity contribution in [2.45, 2.75) is 32.8 Å². The number of ether oxygens (including phenoxy) is 1. The van der Waals surface area contributed by atoms with Crippen molar-refractivity contribution in [1.82, 2.24) is 9.80 Å². The number of amides is 1. The fourth-order valence-corrected chi connectivity index (χ4v) is 3.27. The van der Waals surface area contributed by atoms with Crippen LogP contribution in [0.25, 0.3) is 10.8 Å². The van der Waals surface area contributed by atoms with E-state index in [1.165, 1.54) is 16.3 Å². The summed E-state index contributed by atoms with van der Waals surface area (Å²) in [7, 11) is 0. The molecule has 0 N–H and O–H groups in total. The van der Waals surface area contributed by atoms with Crippen molar-refractivity contribution in [1.29, 1.82) is 0 Å². The normalized spacial score (nSPS) is 16.2. The molecule has 3 rings (SSSR count).